The predicted molar refractivity (Wildman–Crippen MR) is 74.0 cm³/mol. The van der Waals surface area contributed by atoms with Crippen LogP contribution in [-0.4, -0.2) is 28.3 Å². The number of aliphatic hydroxyl groups is 1. The second kappa shape index (κ2) is 7.24. The van der Waals surface area contributed by atoms with Gasteiger partial charge in [0.1, 0.15) is 5.60 Å². The van der Waals surface area contributed by atoms with Crippen molar-refractivity contribution in [1.82, 2.24) is 4.98 Å². The predicted octanol–water partition coefficient (Wildman–Crippen LogP) is 2.74. The number of pyridine rings is 1. The maximum Gasteiger partial charge on any atom is 0.339 e. The van der Waals surface area contributed by atoms with Crippen LogP contribution in [0.5, 0.6) is 0 Å². The van der Waals surface area contributed by atoms with E-state index in [1.807, 2.05) is 20.8 Å². The Morgan fingerprint density at radius 1 is 1.32 bits per heavy atom. The molecule has 0 spiro atoms. The van der Waals surface area contributed by atoms with Crippen molar-refractivity contribution in [3.8, 4) is 0 Å². The lowest BCUT2D eigenvalue weighted by atomic mass is 10.0. The minimum Gasteiger partial charge on any atom is -0.456 e. The number of aryl methyl sites for hydroxylation is 1. The molecule has 0 saturated carbocycles. The smallest absolute Gasteiger partial charge is 0.339 e. The summed E-state index contributed by atoms with van der Waals surface area (Å²) in [6.07, 6.45) is 6.78. The molecular formula is C15H23NO3. The topological polar surface area (TPSA) is 59.4 Å². The number of rotatable bonds is 6. The zero-order valence-corrected chi connectivity index (χ0v) is 12.0. The molecule has 1 rings (SSSR count). The van der Waals surface area contributed by atoms with Crippen LogP contribution in [0.1, 0.15) is 56.0 Å². The molecule has 0 fully saturated rings. The molecule has 0 aliphatic carbocycles. The second-order valence-electron chi connectivity index (χ2n) is 5.57. The van der Waals surface area contributed by atoms with E-state index >= 15 is 0 Å². The zero-order valence-electron chi connectivity index (χ0n) is 12.0. The molecule has 0 unspecified atom stereocenters. The van der Waals surface area contributed by atoms with E-state index in [9.17, 15) is 4.79 Å². The number of carbonyl (C=O) groups excluding carboxylic acids is 1. The number of aromatic nitrogens is 1. The number of ether oxygens (including phenoxy) is 1. The van der Waals surface area contributed by atoms with Gasteiger partial charge in [-0.05, 0) is 51.7 Å². The quantitative estimate of drug-likeness (QED) is 0.634. The van der Waals surface area contributed by atoms with E-state index in [4.69, 9.17) is 9.84 Å². The Morgan fingerprint density at radius 3 is 2.68 bits per heavy atom. The Labute approximate surface area is 114 Å². The van der Waals surface area contributed by atoms with E-state index in [1.54, 1.807) is 18.5 Å². The highest BCUT2D eigenvalue weighted by molar-refractivity contribution is 5.91. The van der Waals surface area contributed by atoms with Gasteiger partial charge in [0.25, 0.3) is 0 Å². The fourth-order valence-electron chi connectivity index (χ4n) is 1.76. The molecule has 1 heterocycles. The van der Waals surface area contributed by atoms with Gasteiger partial charge in [-0.3, -0.25) is 4.98 Å². The fraction of sp³-hybridized carbons (Fsp3) is 0.600. The molecule has 106 valence electrons. The van der Waals surface area contributed by atoms with E-state index in [-0.39, 0.29) is 12.6 Å². The monoisotopic (exact) mass is 265 g/mol. The van der Waals surface area contributed by atoms with Crippen LogP contribution in [0.2, 0.25) is 0 Å². The van der Waals surface area contributed by atoms with Crippen LogP contribution in [0, 0.1) is 0 Å². The van der Waals surface area contributed by atoms with Crippen molar-refractivity contribution in [2.75, 3.05) is 6.61 Å². The van der Waals surface area contributed by atoms with Crippen LogP contribution >= 0.6 is 0 Å². The molecule has 0 aromatic carbocycles. The fourth-order valence-corrected chi connectivity index (χ4v) is 1.76. The molecule has 0 bridgehead atoms. The number of nitrogens with zero attached hydrogens (tertiary/aromatic N) is 1. The minimum atomic E-state index is -0.492. The van der Waals surface area contributed by atoms with Gasteiger partial charge in [0.05, 0.1) is 5.56 Å². The van der Waals surface area contributed by atoms with Crippen LogP contribution in [0.3, 0.4) is 0 Å². The summed E-state index contributed by atoms with van der Waals surface area (Å²) in [4.78, 5) is 16.1. The van der Waals surface area contributed by atoms with Gasteiger partial charge in [-0.1, -0.05) is 6.42 Å². The first-order valence-electron chi connectivity index (χ1n) is 6.71. The Morgan fingerprint density at radius 2 is 2.05 bits per heavy atom. The summed E-state index contributed by atoms with van der Waals surface area (Å²) in [7, 11) is 0. The summed E-state index contributed by atoms with van der Waals surface area (Å²) in [5.74, 6) is -0.299. The van der Waals surface area contributed by atoms with Gasteiger partial charge in [0.2, 0.25) is 0 Å². The van der Waals surface area contributed by atoms with Gasteiger partial charge in [-0.2, -0.15) is 0 Å². The third-order valence-corrected chi connectivity index (χ3v) is 2.63. The van der Waals surface area contributed by atoms with E-state index in [0.29, 0.717) is 5.56 Å². The molecule has 4 heteroatoms. The highest BCUT2D eigenvalue weighted by atomic mass is 16.6. The van der Waals surface area contributed by atoms with Crippen LogP contribution in [0.4, 0.5) is 0 Å². The minimum absolute atomic E-state index is 0.214. The molecule has 19 heavy (non-hydrogen) atoms. The van der Waals surface area contributed by atoms with Crippen LogP contribution < -0.4 is 0 Å². The van der Waals surface area contributed by atoms with Crippen LogP contribution in [0.25, 0.3) is 0 Å². The van der Waals surface area contributed by atoms with Gasteiger partial charge in [0, 0.05) is 19.0 Å². The second-order valence-corrected chi connectivity index (χ2v) is 5.57. The highest BCUT2D eigenvalue weighted by Gasteiger charge is 2.19. The summed E-state index contributed by atoms with van der Waals surface area (Å²) in [6.45, 7) is 5.78. The summed E-state index contributed by atoms with van der Waals surface area (Å²) in [5.41, 5.74) is 1.01. The van der Waals surface area contributed by atoms with Crippen molar-refractivity contribution < 1.29 is 14.6 Å². The molecule has 4 nitrogen and oxygen atoms in total. The molecule has 0 radical (unpaired) electrons. The Kier molecular flexibility index (Phi) is 5.96. The van der Waals surface area contributed by atoms with Crippen LogP contribution in [0.15, 0.2) is 18.5 Å². The first kappa shape index (κ1) is 15.6. The number of unbranched alkanes of at least 4 members (excludes halogenated alkanes) is 2. The third kappa shape index (κ3) is 5.83. The first-order valence-corrected chi connectivity index (χ1v) is 6.71. The normalized spacial score (nSPS) is 11.4. The van der Waals surface area contributed by atoms with Crippen LogP contribution in [-0.2, 0) is 11.2 Å². The van der Waals surface area contributed by atoms with Crippen molar-refractivity contribution in [2.24, 2.45) is 0 Å². The van der Waals surface area contributed by atoms with Crippen molar-refractivity contribution in [3.05, 3.63) is 29.6 Å². The zero-order chi connectivity index (χ0) is 14.3. The van der Waals surface area contributed by atoms with Crippen molar-refractivity contribution in [3.63, 3.8) is 0 Å². The van der Waals surface area contributed by atoms with E-state index in [1.165, 1.54) is 0 Å². The molecule has 0 atom stereocenters. The van der Waals surface area contributed by atoms with E-state index in [0.717, 1.165) is 31.2 Å². The molecule has 0 amide bonds. The van der Waals surface area contributed by atoms with Crippen molar-refractivity contribution in [1.29, 1.82) is 0 Å². The first-order chi connectivity index (χ1) is 8.94. The molecule has 1 N–H and O–H groups in total. The Bertz CT molecular complexity index is 410. The maximum absolute atomic E-state index is 12.1. The average Bonchev–Trinajstić information content (AvgIpc) is 2.33. The van der Waals surface area contributed by atoms with Crippen molar-refractivity contribution in [2.45, 2.75) is 52.1 Å². The SMILES string of the molecule is CC(C)(C)OC(=O)c1ccncc1CCCCCO. The molecule has 0 aliphatic heterocycles. The largest absolute Gasteiger partial charge is 0.456 e. The lowest BCUT2D eigenvalue weighted by Gasteiger charge is -2.20. The molecule has 1 aromatic heterocycles. The molecule has 1 aromatic rings. The van der Waals surface area contributed by atoms with Crippen molar-refractivity contribution >= 4 is 5.97 Å². The van der Waals surface area contributed by atoms with Gasteiger partial charge < -0.3 is 9.84 Å². The summed E-state index contributed by atoms with van der Waals surface area (Å²) in [5, 5.41) is 8.75. The standard InChI is InChI=1S/C15H23NO3/c1-15(2,3)19-14(18)13-8-9-16-11-12(13)7-5-4-6-10-17/h8-9,11,17H,4-7,10H2,1-3H3. The third-order valence-electron chi connectivity index (χ3n) is 2.63. The molecule has 0 aliphatic rings. The Balaban J connectivity index is 2.69. The van der Waals surface area contributed by atoms with Gasteiger partial charge >= 0.3 is 5.97 Å². The molecule has 0 saturated heterocycles. The molecular weight excluding hydrogens is 242 g/mol. The highest BCUT2D eigenvalue weighted by Crippen LogP contribution is 2.16. The van der Waals surface area contributed by atoms with E-state index in [2.05, 4.69) is 4.98 Å². The van der Waals surface area contributed by atoms with Gasteiger partial charge in [0.15, 0.2) is 0 Å². The lowest BCUT2D eigenvalue weighted by molar-refractivity contribution is 0.00681. The lowest BCUT2D eigenvalue weighted by Crippen LogP contribution is -2.24. The number of carbonyl (C=O) groups is 1. The Hall–Kier alpha value is -1.42. The maximum atomic E-state index is 12.1. The summed E-state index contributed by atoms with van der Waals surface area (Å²) >= 11 is 0. The summed E-state index contributed by atoms with van der Waals surface area (Å²) in [6, 6.07) is 1.70. The summed E-state index contributed by atoms with van der Waals surface area (Å²) < 4.78 is 5.39. The van der Waals surface area contributed by atoms with E-state index < -0.39 is 5.60 Å². The number of hydrogen-bond donors (Lipinski definition) is 1. The number of esters is 1. The average molecular weight is 265 g/mol. The van der Waals surface area contributed by atoms with Gasteiger partial charge in [-0.25, -0.2) is 4.79 Å². The van der Waals surface area contributed by atoms with Gasteiger partial charge in [-0.15, -0.1) is 0 Å². The number of aliphatic hydroxyl groups excluding tert-OH is 1. The number of hydrogen-bond acceptors (Lipinski definition) is 4.